The molecule has 1 aromatic heterocycles. The highest BCUT2D eigenvalue weighted by molar-refractivity contribution is 5.26. The summed E-state index contributed by atoms with van der Waals surface area (Å²) < 4.78 is 5.49. The summed E-state index contributed by atoms with van der Waals surface area (Å²) in [5, 5.41) is 3.48. The van der Waals surface area contributed by atoms with Crippen LogP contribution >= 0.6 is 0 Å². The molecule has 1 rings (SSSR count). The average molecular weight is 293 g/mol. The van der Waals surface area contributed by atoms with Gasteiger partial charge in [-0.15, -0.1) is 0 Å². The zero-order valence-corrected chi connectivity index (χ0v) is 14.7. The number of aryl methyl sites for hydroxylation is 2. The van der Waals surface area contributed by atoms with Crippen molar-refractivity contribution in [3.8, 4) is 0 Å². The van der Waals surface area contributed by atoms with Crippen molar-refractivity contribution in [1.82, 2.24) is 15.3 Å². The summed E-state index contributed by atoms with van der Waals surface area (Å²) >= 11 is 0. The van der Waals surface area contributed by atoms with Crippen molar-refractivity contribution in [2.45, 2.75) is 60.0 Å². The SMILES string of the molecule is CCCNCC(C)Cc1c(C)nc(C(C)(C)OC)nc1C. The second kappa shape index (κ2) is 7.85. The molecule has 0 aliphatic rings. The molecule has 0 radical (unpaired) electrons. The molecular formula is C17H31N3O. The van der Waals surface area contributed by atoms with Crippen LogP contribution in [0.4, 0.5) is 0 Å². The van der Waals surface area contributed by atoms with Gasteiger partial charge >= 0.3 is 0 Å². The zero-order valence-electron chi connectivity index (χ0n) is 14.7. The first-order chi connectivity index (χ1) is 9.81. The topological polar surface area (TPSA) is 47.0 Å². The maximum atomic E-state index is 5.49. The highest BCUT2D eigenvalue weighted by Crippen LogP contribution is 2.23. The Hall–Kier alpha value is -1.00. The summed E-state index contributed by atoms with van der Waals surface area (Å²) in [5.74, 6) is 1.35. The summed E-state index contributed by atoms with van der Waals surface area (Å²) in [7, 11) is 1.70. The third kappa shape index (κ3) is 5.04. The van der Waals surface area contributed by atoms with Crippen LogP contribution in [0.3, 0.4) is 0 Å². The van der Waals surface area contributed by atoms with E-state index in [9.17, 15) is 0 Å². The van der Waals surface area contributed by atoms with Gasteiger partial charge in [-0.2, -0.15) is 0 Å². The molecule has 0 saturated heterocycles. The van der Waals surface area contributed by atoms with E-state index in [4.69, 9.17) is 4.74 Å². The molecule has 0 amide bonds. The lowest BCUT2D eigenvalue weighted by Gasteiger charge is -2.23. The molecule has 120 valence electrons. The van der Waals surface area contributed by atoms with Gasteiger partial charge in [-0.3, -0.25) is 0 Å². The Morgan fingerprint density at radius 1 is 1.19 bits per heavy atom. The molecule has 21 heavy (non-hydrogen) atoms. The second-order valence-corrected chi connectivity index (χ2v) is 6.42. The predicted octanol–water partition coefficient (Wildman–Crippen LogP) is 3.15. The van der Waals surface area contributed by atoms with Crippen LogP contribution in [0.5, 0.6) is 0 Å². The number of methoxy groups -OCH3 is 1. The van der Waals surface area contributed by atoms with E-state index in [0.717, 1.165) is 36.7 Å². The van der Waals surface area contributed by atoms with Crippen molar-refractivity contribution >= 4 is 0 Å². The van der Waals surface area contributed by atoms with Crippen molar-refractivity contribution in [1.29, 1.82) is 0 Å². The Bertz CT molecular complexity index is 434. The van der Waals surface area contributed by atoms with Gasteiger partial charge in [0.2, 0.25) is 0 Å². The molecule has 0 spiro atoms. The monoisotopic (exact) mass is 293 g/mol. The Morgan fingerprint density at radius 3 is 2.24 bits per heavy atom. The van der Waals surface area contributed by atoms with Gasteiger partial charge in [0, 0.05) is 18.5 Å². The molecular weight excluding hydrogens is 262 g/mol. The average Bonchev–Trinajstić information content (AvgIpc) is 2.43. The van der Waals surface area contributed by atoms with Crippen LogP contribution in [-0.2, 0) is 16.8 Å². The van der Waals surface area contributed by atoms with Crippen LogP contribution in [0, 0.1) is 19.8 Å². The molecule has 1 aromatic rings. The minimum atomic E-state index is -0.442. The third-order valence-corrected chi connectivity index (χ3v) is 3.94. The van der Waals surface area contributed by atoms with Crippen molar-refractivity contribution in [2.24, 2.45) is 5.92 Å². The van der Waals surface area contributed by atoms with Gasteiger partial charge in [0.25, 0.3) is 0 Å². The number of hydrogen-bond acceptors (Lipinski definition) is 4. The molecule has 1 N–H and O–H groups in total. The molecule has 0 aromatic carbocycles. The Morgan fingerprint density at radius 2 is 1.76 bits per heavy atom. The van der Waals surface area contributed by atoms with Crippen molar-refractivity contribution < 1.29 is 4.74 Å². The quantitative estimate of drug-likeness (QED) is 0.748. The standard InChI is InChI=1S/C17H31N3O/c1-8-9-18-11-12(2)10-15-13(3)19-16(20-14(15)4)17(5,6)21-7/h12,18H,8-11H2,1-7H3. The molecule has 0 fully saturated rings. The summed E-state index contributed by atoms with van der Waals surface area (Å²) in [6.07, 6.45) is 2.19. The van der Waals surface area contributed by atoms with E-state index in [2.05, 4.69) is 43.0 Å². The van der Waals surface area contributed by atoms with Gasteiger partial charge in [-0.1, -0.05) is 13.8 Å². The predicted molar refractivity (Wildman–Crippen MR) is 87.6 cm³/mol. The second-order valence-electron chi connectivity index (χ2n) is 6.42. The van der Waals surface area contributed by atoms with Crippen LogP contribution in [-0.4, -0.2) is 30.2 Å². The first-order valence-electron chi connectivity index (χ1n) is 7.92. The highest BCUT2D eigenvalue weighted by Gasteiger charge is 2.25. The van der Waals surface area contributed by atoms with E-state index in [-0.39, 0.29) is 0 Å². The van der Waals surface area contributed by atoms with Gasteiger partial charge in [-0.25, -0.2) is 9.97 Å². The van der Waals surface area contributed by atoms with E-state index in [1.54, 1.807) is 7.11 Å². The van der Waals surface area contributed by atoms with Crippen LogP contribution in [0.15, 0.2) is 0 Å². The largest absolute Gasteiger partial charge is 0.371 e. The van der Waals surface area contributed by atoms with E-state index in [1.807, 2.05) is 13.8 Å². The third-order valence-electron chi connectivity index (χ3n) is 3.94. The maximum absolute atomic E-state index is 5.49. The number of rotatable bonds is 8. The van der Waals surface area contributed by atoms with Crippen molar-refractivity contribution in [3.05, 3.63) is 22.8 Å². The van der Waals surface area contributed by atoms with Crippen LogP contribution in [0.25, 0.3) is 0 Å². The van der Waals surface area contributed by atoms with Crippen molar-refractivity contribution in [2.75, 3.05) is 20.2 Å². The minimum Gasteiger partial charge on any atom is -0.371 e. The smallest absolute Gasteiger partial charge is 0.160 e. The lowest BCUT2D eigenvalue weighted by atomic mass is 9.98. The fourth-order valence-electron chi connectivity index (χ4n) is 2.34. The fourth-order valence-corrected chi connectivity index (χ4v) is 2.34. The first kappa shape index (κ1) is 18.1. The van der Waals surface area contributed by atoms with Gasteiger partial charge in [0.05, 0.1) is 0 Å². The molecule has 1 heterocycles. The lowest BCUT2D eigenvalue weighted by Crippen LogP contribution is -2.26. The molecule has 0 bridgehead atoms. The summed E-state index contributed by atoms with van der Waals surface area (Å²) in [4.78, 5) is 9.34. The first-order valence-corrected chi connectivity index (χ1v) is 7.92. The van der Waals surface area contributed by atoms with Crippen LogP contribution in [0.2, 0.25) is 0 Å². The van der Waals surface area contributed by atoms with Gasteiger partial charge < -0.3 is 10.1 Å². The van der Waals surface area contributed by atoms with Gasteiger partial charge in [0.15, 0.2) is 5.82 Å². The van der Waals surface area contributed by atoms with Gasteiger partial charge in [0.1, 0.15) is 5.60 Å². The van der Waals surface area contributed by atoms with Gasteiger partial charge in [-0.05, 0) is 65.1 Å². The summed E-state index contributed by atoms with van der Waals surface area (Å²) in [6, 6.07) is 0. The molecule has 4 heteroatoms. The molecule has 1 unspecified atom stereocenters. The van der Waals surface area contributed by atoms with Crippen LogP contribution < -0.4 is 5.32 Å². The lowest BCUT2D eigenvalue weighted by molar-refractivity contribution is 0.0111. The van der Waals surface area contributed by atoms with E-state index >= 15 is 0 Å². The number of ether oxygens (including phenoxy) is 1. The molecule has 4 nitrogen and oxygen atoms in total. The number of aromatic nitrogens is 2. The Labute approximate surface area is 129 Å². The number of nitrogens with one attached hydrogen (secondary N) is 1. The summed E-state index contributed by atoms with van der Waals surface area (Å²) in [5.41, 5.74) is 2.98. The van der Waals surface area contributed by atoms with E-state index < -0.39 is 5.60 Å². The summed E-state index contributed by atoms with van der Waals surface area (Å²) in [6.45, 7) is 14.7. The molecule has 0 saturated carbocycles. The Balaban J connectivity index is 2.85. The zero-order chi connectivity index (χ0) is 16.0. The molecule has 1 atom stereocenters. The number of nitrogens with zero attached hydrogens (tertiary/aromatic N) is 2. The molecule has 0 aliphatic heterocycles. The maximum Gasteiger partial charge on any atom is 0.160 e. The normalized spacial score (nSPS) is 13.5. The highest BCUT2D eigenvalue weighted by atomic mass is 16.5. The molecule has 0 aliphatic carbocycles. The van der Waals surface area contributed by atoms with E-state index in [0.29, 0.717) is 5.92 Å². The fraction of sp³-hybridized carbons (Fsp3) is 0.765. The van der Waals surface area contributed by atoms with E-state index in [1.165, 1.54) is 12.0 Å². The minimum absolute atomic E-state index is 0.442. The Kier molecular flexibility index (Phi) is 6.75. The number of hydrogen-bond donors (Lipinski definition) is 1. The van der Waals surface area contributed by atoms with Crippen molar-refractivity contribution in [3.63, 3.8) is 0 Å². The van der Waals surface area contributed by atoms with Crippen LogP contribution in [0.1, 0.15) is 56.9 Å².